The van der Waals surface area contributed by atoms with Crippen LogP contribution in [-0.4, -0.2) is 32.3 Å². The standard InChI is InChI=1S/C14H14N4O4S/c1-10-7-13(17-22-10)16-14(19)9-18(23(2,20)21)12-5-3-11(8-15)4-6-12/h3-7H,9H2,1-2H3,(H,16,17,19). The number of aromatic nitrogens is 1. The van der Waals surface area contributed by atoms with Crippen molar-refractivity contribution in [3.8, 4) is 6.07 Å². The molecule has 0 saturated heterocycles. The third-order valence-corrected chi connectivity index (χ3v) is 4.01. The maximum Gasteiger partial charge on any atom is 0.246 e. The van der Waals surface area contributed by atoms with E-state index < -0.39 is 22.5 Å². The number of anilines is 2. The van der Waals surface area contributed by atoms with Gasteiger partial charge in [-0.1, -0.05) is 5.16 Å². The molecule has 0 aliphatic carbocycles. The third-order valence-electron chi connectivity index (χ3n) is 2.87. The highest BCUT2D eigenvalue weighted by Crippen LogP contribution is 2.18. The van der Waals surface area contributed by atoms with E-state index in [1.54, 1.807) is 6.92 Å². The van der Waals surface area contributed by atoms with Gasteiger partial charge in [-0.2, -0.15) is 5.26 Å². The first-order valence-corrected chi connectivity index (χ1v) is 8.35. The molecule has 0 unspecified atom stereocenters. The zero-order valence-corrected chi connectivity index (χ0v) is 13.3. The highest BCUT2D eigenvalue weighted by molar-refractivity contribution is 7.92. The number of aryl methyl sites for hydroxylation is 1. The third kappa shape index (κ3) is 4.31. The smallest absolute Gasteiger partial charge is 0.246 e. The van der Waals surface area contributed by atoms with Gasteiger partial charge in [0, 0.05) is 6.07 Å². The number of benzene rings is 1. The first kappa shape index (κ1) is 16.5. The summed E-state index contributed by atoms with van der Waals surface area (Å²) < 4.78 is 29.6. The first-order valence-electron chi connectivity index (χ1n) is 6.50. The van der Waals surface area contributed by atoms with Crippen LogP contribution in [0.25, 0.3) is 0 Å². The molecule has 0 bridgehead atoms. The second kappa shape index (κ2) is 6.50. The number of hydrogen-bond donors (Lipinski definition) is 1. The van der Waals surface area contributed by atoms with Crippen molar-refractivity contribution < 1.29 is 17.7 Å². The van der Waals surface area contributed by atoms with E-state index >= 15 is 0 Å². The summed E-state index contributed by atoms with van der Waals surface area (Å²) in [7, 11) is -3.67. The number of amides is 1. The minimum atomic E-state index is -3.67. The van der Waals surface area contributed by atoms with Gasteiger partial charge in [0.2, 0.25) is 15.9 Å². The molecule has 8 nitrogen and oxygen atoms in total. The summed E-state index contributed by atoms with van der Waals surface area (Å²) in [6, 6.07) is 9.35. The second-order valence-electron chi connectivity index (χ2n) is 4.80. The highest BCUT2D eigenvalue weighted by Gasteiger charge is 2.21. The maximum absolute atomic E-state index is 12.0. The van der Waals surface area contributed by atoms with Gasteiger partial charge in [0.1, 0.15) is 12.3 Å². The van der Waals surface area contributed by atoms with Crippen LogP contribution in [0.1, 0.15) is 11.3 Å². The Morgan fingerprint density at radius 3 is 2.52 bits per heavy atom. The quantitative estimate of drug-likeness (QED) is 0.880. The monoisotopic (exact) mass is 334 g/mol. The minimum Gasteiger partial charge on any atom is -0.360 e. The van der Waals surface area contributed by atoms with E-state index in [0.717, 1.165) is 10.6 Å². The van der Waals surface area contributed by atoms with Gasteiger partial charge < -0.3 is 9.84 Å². The second-order valence-corrected chi connectivity index (χ2v) is 6.71. The summed E-state index contributed by atoms with van der Waals surface area (Å²) in [5.41, 5.74) is 0.683. The fraction of sp³-hybridized carbons (Fsp3) is 0.214. The summed E-state index contributed by atoms with van der Waals surface area (Å²) in [6.07, 6.45) is 0.999. The van der Waals surface area contributed by atoms with Crippen molar-refractivity contribution in [2.75, 3.05) is 22.4 Å². The van der Waals surface area contributed by atoms with E-state index in [1.165, 1.54) is 30.3 Å². The highest BCUT2D eigenvalue weighted by atomic mass is 32.2. The number of carbonyl (C=O) groups is 1. The largest absolute Gasteiger partial charge is 0.360 e. The molecule has 0 aliphatic rings. The van der Waals surface area contributed by atoms with Crippen molar-refractivity contribution in [1.82, 2.24) is 5.16 Å². The summed E-state index contributed by atoms with van der Waals surface area (Å²) in [5.74, 6) is 0.168. The predicted molar refractivity (Wildman–Crippen MR) is 83.2 cm³/mol. The van der Waals surface area contributed by atoms with Gasteiger partial charge in [-0.15, -0.1) is 0 Å². The van der Waals surface area contributed by atoms with Crippen molar-refractivity contribution >= 4 is 27.4 Å². The van der Waals surface area contributed by atoms with Gasteiger partial charge in [-0.25, -0.2) is 8.42 Å². The lowest BCUT2D eigenvalue weighted by atomic mass is 10.2. The van der Waals surface area contributed by atoms with Gasteiger partial charge in [-0.3, -0.25) is 9.10 Å². The van der Waals surface area contributed by atoms with E-state index in [2.05, 4.69) is 10.5 Å². The molecule has 2 aromatic rings. The maximum atomic E-state index is 12.0. The van der Waals surface area contributed by atoms with Crippen LogP contribution in [0.2, 0.25) is 0 Å². The van der Waals surface area contributed by atoms with E-state index in [0.29, 0.717) is 11.3 Å². The minimum absolute atomic E-state index is 0.209. The van der Waals surface area contributed by atoms with Crippen molar-refractivity contribution in [2.45, 2.75) is 6.92 Å². The Morgan fingerprint density at radius 2 is 2.04 bits per heavy atom. The van der Waals surface area contributed by atoms with Crippen LogP contribution in [0.15, 0.2) is 34.9 Å². The van der Waals surface area contributed by atoms with Gasteiger partial charge in [0.05, 0.1) is 23.6 Å². The van der Waals surface area contributed by atoms with Gasteiger partial charge in [-0.05, 0) is 31.2 Å². The Labute approximate surface area is 133 Å². The van der Waals surface area contributed by atoms with E-state index in [1.807, 2.05) is 6.07 Å². The molecular weight excluding hydrogens is 320 g/mol. The molecule has 1 N–H and O–H groups in total. The van der Waals surface area contributed by atoms with Gasteiger partial charge >= 0.3 is 0 Å². The molecule has 0 atom stereocenters. The molecule has 23 heavy (non-hydrogen) atoms. The van der Waals surface area contributed by atoms with E-state index in [9.17, 15) is 13.2 Å². The Bertz CT molecular complexity index is 850. The molecular formula is C14H14N4O4S. The van der Waals surface area contributed by atoms with Crippen LogP contribution in [-0.2, 0) is 14.8 Å². The Morgan fingerprint density at radius 1 is 1.39 bits per heavy atom. The average molecular weight is 334 g/mol. The fourth-order valence-electron chi connectivity index (χ4n) is 1.84. The van der Waals surface area contributed by atoms with Crippen molar-refractivity contribution in [1.29, 1.82) is 5.26 Å². The molecule has 120 valence electrons. The van der Waals surface area contributed by atoms with Crippen molar-refractivity contribution in [2.24, 2.45) is 0 Å². The molecule has 0 fully saturated rings. The number of nitrogens with zero attached hydrogens (tertiary/aromatic N) is 3. The van der Waals surface area contributed by atoms with Crippen molar-refractivity contribution in [3.05, 3.63) is 41.7 Å². The molecule has 1 aromatic heterocycles. The molecule has 0 spiro atoms. The van der Waals surface area contributed by atoms with Crippen LogP contribution in [0.4, 0.5) is 11.5 Å². The molecule has 0 radical (unpaired) electrons. The molecule has 0 saturated carbocycles. The zero-order chi connectivity index (χ0) is 17.0. The van der Waals surface area contributed by atoms with Crippen LogP contribution < -0.4 is 9.62 Å². The number of nitriles is 1. The SMILES string of the molecule is Cc1cc(NC(=O)CN(c2ccc(C#N)cc2)S(C)(=O)=O)no1. The summed E-state index contributed by atoms with van der Waals surface area (Å²) >= 11 is 0. The first-order chi connectivity index (χ1) is 10.8. The number of rotatable bonds is 5. The molecule has 2 rings (SSSR count). The average Bonchev–Trinajstić information content (AvgIpc) is 2.89. The van der Waals surface area contributed by atoms with Crippen LogP contribution in [0, 0.1) is 18.3 Å². The number of carbonyl (C=O) groups excluding carboxylic acids is 1. The lowest BCUT2D eigenvalue weighted by Gasteiger charge is -2.21. The van der Waals surface area contributed by atoms with Crippen LogP contribution in [0.5, 0.6) is 0 Å². The number of nitrogens with one attached hydrogen (secondary N) is 1. The molecule has 0 aliphatic heterocycles. The summed E-state index contributed by atoms with van der Waals surface area (Å²) in [6.45, 7) is 1.25. The molecule has 9 heteroatoms. The Balaban J connectivity index is 2.19. The van der Waals surface area contributed by atoms with E-state index in [4.69, 9.17) is 9.78 Å². The number of hydrogen-bond acceptors (Lipinski definition) is 6. The summed E-state index contributed by atoms with van der Waals surface area (Å²) in [4.78, 5) is 12.0. The zero-order valence-electron chi connectivity index (χ0n) is 12.5. The van der Waals surface area contributed by atoms with E-state index in [-0.39, 0.29) is 11.5 Å². The normalized spacial score (nSPS) is 10.8. The molecule has 1 aromatic carbocycles. The van der Waals surface area contributed by atoms with Gasteiger partial charge in [0.25, 0.3) is 0 Å². The van der Waals surface area contributed by atoms with Crippen LogP contribution >= 0.6 is 0 Å². The lowest BCUT2D eigenvalue weighted by Crippen LogP contribution is -2.37. The van der Waals surface area contributed by atoms with Crippen molar-refractivity contribution in [3.63, 3.8) is 0 Å². The summed E-state index contributed by atoms with van der Waals surface area (Å²) in [5, 5.41) is 14.8. The van der Waals surface area contributed by atoms with Crippen LogP contribution in [0.3, 0.4) is 0 Å². The Hall–Kier alpha value is -2.86. The Kier molecular flexibility index (Phi) is 4.66. The fourth-order valence-corrected chi connectivity index (χ4v) is 2.70. The predicted octanol–water partition coefficient (Wildman–Crippen LogP) is 1.26. The number of sulfonamides is 1. The van der Waals surface area contributed by atoms with Gasteiger partial charge in [0.15, 0.2) is 5.82 Å². The lowest BCUT2D eigenvalue weighted by molar-refractivity contribution is -0.114. The molecule has 1 amide bonds. The topological polar surface area (TPSA) is 116 Å². The molecule has 1 heterocycles.